The van der Waals surface area contributed by atoms with E-state index in [1.165, 1.54) is 14.2 Å². The van der Waals surface area contributed by atoms with Crippen LogP contribution in [0.2, 0.25) is 0 Å². The highest BCUT2D eigenvalue weighted by atomic mass is 16.5. The summed E-state index contributed by atoms with van der Waals surface area (Å²) in [6, 6.07) is 6.48. The van der Waals surface area contributed by atoms with Gasteiger partial charge >= 0.3 is 0 Å². The van der Waals surface area contributed by atoms with Gasteiger partial charge in [-0.15, -0.1) is 0 Å². The van der Waals surface area contributed by atoms with E-state index in [-0.39, 0.29) is 5.95 Å². The number of hydrogen-bond donors (Lipinski definition) is 2. The number of nitrogens with two attached hydrogens (primary N) is 1. The Hall–Kier alpha value is -2.83. The van der Waals surface area contributed by atoms with E-state index in [4.69, 9.17) is 15.2 Å². The molecule has 7 heteroatoms. The standard InChI is InChI=1S/C14H16N4O3/c1-8-6-12(21-3)17-14(16-8)18-13(19)10-5-4-9(20-2)7-11(10)15/h4-7H,15H2,1-3H3,(H,16,17,18,19). The van der Waals surface area contributed by atoms with Crippen molar-refractivity contribution in [3.63, 3.8) is 0 Å². The summed E-state index contributed by atoms with van der Waals surface area (Å²) >= 11 is 0. The molecule has 1 aromatic heterocycles. The number of ether oxygens (including phenoxy) is 2. The van der Waals surface area contributed by atoms with Gasteiger partial charge in [0, 0.05) is 23.5 Å². The first-order valence-electron chi connectivity index (χ1n) is 6.18. The number of aryl methyl sites for hydroxylation is 1. The number of nitrogen functional groups attached to an aromatic ring is 1. The topological polar surface area (TPSA) is 99.4 Å². The average molecular weight is 288 g/mol. The van der Waals surface area contributed by atoms with Gasteiger partial charge in [0.25, 0.3) is 5.91 Å². The molecule has 0 atom stereocenters. The minimum absolute atomic E-state index is 0.159. The van der Waals surface area contributed by atoms with Gasteiger partial charge in [0.2, 0.25) is 11.8 Å². The van der Waals surface area contributed by atoms with Crippen LogP contribution in [0.5, 0.6) is 11.6 Å². The largest absolute Gasteiger partial charge is 0.497 e. The smallest absolute Gasteiger partial charge is 0.260 e. The second-order valence-electron chi connectivity index (χ2n) is 4.28. The number of nitrogens with one attached hydrogen (secondary N) is 1. The highest BCUT2D eigenvalue weighted by Crippen LogP contribution is 2.20. The highest BCUT2D eigenvalue weighted by molar-refractivity contribution is 6.07. The van der Waals surface area contributed by atoms with Gasteiger partial charge in [-0.25, -0.2) is 4.98 Å². The van der Waals surface area contributed by atoms with E-state index < -0.39 is 5.91 Å². The van der Waals surface area contributed by atoms with Crippen molar-refractivity contribution in [2.45, 2.75) is 6.92 Å². The zero-order valence-corrected chi connectivity index (χ0v) is 12.0. The molecule has 0 spiro atoms. The number of carbonyl (C=O) groups is 1. The van der Waals surface area contributed by atoms with Crippen LogP contribution >= 0.6 is 0 Å². The zero-order valence-electron chi connectivity index (χ0n) is 12.0. The third-order valence-electron chi connectivity index (χ3n) is 2.77. The first kappa shape index (κ1) is 14.6. The molecule has 0 bridgehead atoms. The highest BCUT2D eigenvalue weighted by Gasteiger charge is 2.13. The zero-order chi connectivity index (χ0) is 15.4. The quantitative estimate of drug-likeness (QED) is 0.830. The summed E-state index contributed by atoms with van der Waals surface area (Å²) in [4.78, 5) is 20.4. The molecule has 0 saturated carbocycles. The molecule has 2 aromatic rings. The average Bonchev–Trinajstić information content (AvgIpc) is 2.46. The molecule has 2 rings (SSSR count). The maximum atomic E-state index is 12.2. The van der Waals surface area contributed by atoms with Crippen LogP contribution in [0.3, 0.4) is 0 Å². The fourth-order valence-electron chi connectivity index (χ4n) is 1.74. The van der Waals surface area contributed by atoms with Crippen molar-refractivity contribution in [3.8, 4) is 11.6 Å². The van der Waals surface area contributed by atoms with E-state index in [0.717, 1.165) is 0 Å². The fraction of sp³-hybridized carbons (Fsp3) is 0.214. The molecule has 1 amide bonds. The molecule has 0 unspecified atom stereocenters. The Balaban J connectivity index is 2.23. The van der Waals surface area contributed by atoms with Gasteiger partial charge in [0.05, 0.1) is 19.8 Å². The van der Waals surface area contributed by atoms with Gasteiger partial charge in [-0.2, -0.15) is 4.98 Å². The molecule has 0 aliphatic rings. The second-order valence-corrected chi connectivity index (χ2v) is 4.28. The van der Waals surface area contributed by atoms with E-state index in [1.807, 2.05) is 0 Å². The number of carbonyl (C=O) groups excluding carboxylic acids is 1. The molecule has 0 fully saturated rings. The van der Waals surface area contributed by atoms with Crippen LogP contribution in [0.4, 0.5) is 11.6 Å². The van der Waals surface area contributed by atoms with Crippen molar-refractivity contribution < 1.29 is 14.3 Å². The Bertz CT molecular complexity index is 673. The summed E-state index contributed by atoms with van der Waals surface area (Å²) in [7, 11) is 3.02. The van der Waals surface area contributed by atoms with Gasteiger partial charge in [-0.3, -0.25) is 10.1 Å². The van der Waals surface area contributed by atoms with Crippen LogP contribution in [0, 0.1) is 6.92 Å². The molecule has 7 nitrogen and oxygen atoms in total. The van der Waals surface area contributed by atoms with Gasteiger partial charge < -0.3 is 15.2 Å². The van der Waals surface area contributed by atoms with Gasteiger partial charge in [-0.1, -0.05) is 0 Å². The normalized spacial score (nSPS) is 10.0. The predicted octanol–water partition coefficient (Wildman–Crippen LogP) is 1.64. The van der Waals surface area contributed by atoms with Crippen LogP contribution in [0.1, 0.15) is 16.1 Å². The SMILES string of the molecule is COc1ccc(C(=O)Nc2nc(C)cc(OC)n2)c(N)c1. The van der Waals surface area contributed by atoms with E-state index in [1.54, 1.807) is 31.2 Å². The van der Waals surface area contributed by atoms with E-state index in [9.17, 15) is 4.79 Å². The van der Waals surface area contributed by atoms with Crippen molar-refractivity contribution in [1.82, 2.24) is 9.97 Å². The number of nitrogens with zero attached hydrogens (tertiary/aromatic N) is 2. The fourth-order valence-corrected chi connectivity index (χ4v) is 1.74. The Morgan fingerprint density at radius 1 is 1.19 bits per heavy atom. The number of aromatic nitrogens is 2. The van der Waals surface area contributed by atoms with Crippen molar-refractivity contribution in [3.05, 3.63) is 35.5 Å². The van der Waals surface area contributed by atoms with Gasteiger partial charge in [0.1, 0.15) is 5.75 Å². The number of methoxy groups -OCH3 is 2. The third kappa shape index (κ3) is 3.38. The van der Waals surface area contributed by atoms with Crippen LogP contribution in [0.15, 0.2) is 24.3 Å². The van der Waals surface area contributed by atoms with Crippen molar-refractivity contribution in [1.29, 1.82) is 0 Å². The molecule has 0 aliphatic heterocycles. The van der Waals surface area contributed by atoms with Crippen molar-refractivity contribution in [2.24, 2.45) is 0 Å². The minimum Gasteiger partial charge on any atom is -0.497 e. The number of benzene rings is 1. The predicted molar refractivity (Wildman–Crippen MR) is 78.7 cm³/mol. The lowest BCUT2D eigenvalue weighted by molar-refractivity contribution is 0.102. The number of anilines is 2. The molecule has 0 radical (unpaired) electrons. The van der Waals surface area contributed by atoms with Gasteiger partial charge in [-0.05, 0) is 19.1 Å². The third-order valence-corrected chi connectivity index (χ3v) is 2.77. The summed E-state index contributed by atoms with van der Waals surface area (Å²) in [5.41, 5.74) is 7.14. The molecule has 0 saturated heterocycles. The lowest BCUT2D eigenvalue weighted by atomic mass is 10.1. The number of amides is 1. The second kappa shape index (κ2) is 6.08. The molecule has 21 heavy (non-hydrogen) atoms. The summed E-state index contributed by atoms with van der Waals surface area (Å²) in [6.45, 7) is 1.78. The molecule has 0 aliphatic carbocycles. The van der Waals surface area contributed by atoms with Crippen LogP contribution < -0.4 is 20.5 Å². The maximum absolute atomic E-state index is 12.2. The molecular weight excluding hydrogens is 272 g/mol. The molecule has 1 heterocycles. The first-order chi connectivity index (χ1) is 10.0. The number of rotatable bonds is 4. The van der Waals surface area contributed by atoms with Gasteiger partial charge in [0.15, 0.2) is 0 Å². The van der Waals surface area contributed by atoms with Crippen LogP contribution in [-0.4, -0.2) is 30.1 Å². The monoisotopic (exact) mass is 288 g/mol. The Morgan fingerprint density at radius 3 is 2.57 bits per heavy atom. The Kier molecular flexibility index (Phi) is 4.22. The van der Waals surface area contributed by atoms with E-state index in [0.29, 0.717) is 28.6 Å². The number of hydrogen-bond acceptors (Lipinski definition) is 6. The van der Waals surface area contributed by atoms with Crippen LogP contribution in [-0.2, 0) is 0 Å². The van der Waals surface area contributed by atoms with Crippen molar-refractivity contribution >= 4 is 17.5 Å². The van der Waals surface area contributed by atoms with Crippen LogP contribution in [0.25, 0.3) is 0 Å². The molecule has 1 aromatic carbocycles. The summed E-state index contributed by atoms with van der Waals surface area (Å²) in [5, 5.41) is 2.59. The lowest BCUT2D eigenvalue weighted by Gasteiger charge is -2.09. The van der Waals surface area contributed by atoms with Crippen molar-refractivity contribution in [2.75, 3.05) is 25.3 Å². The summed E-state index contributed by atoms with van der Waals surface area (Å²) < 4.78 is 10.1. The summed E-state index contributed by atoms with van der Waals surface area (Å²) in [6.07, 6.45) is 0. The maximum Gasteiger partial charge on any atom is 0.260 e. The summed E-state index contributed by atoms with van der Waals surface area (Å²) in [5.74, 6) is 0.716. The first-order valence-corrected chi connectivity index (χ1v) is 6.18. The Morgan fingerprint density at radius 2 is 1.95 bits per heavy atom. The molecule has 110 valence electrons. The van der Waals surface area contributed by atoms with E-state index >= 15 is 0 Å². The van der Waals surface area contributed by atoms with E-state index in [2.05, 4.69) is 15.3 Å². The minimum atomic E-state index is -0.400. The molecular formula is C14H16N4O3. The lowest BCUT2D eigenvalue weighted by Crippen LogP contribution is -2.16. The molecule has 3 N–H and O–H groups in total. The Labute approximate surface area is 122 Å².